The fourth-order valence-corrected chi connectivity index (χ4v) is 1.42. The molecule has 1 aliphatic rings. The van der Waals surface area contributed by atoms with Crippen LogP contribution in [0.15, 0.2) is 0 Å². The molecule has 0 bridgehead atoms. The maximum atomic E-state index is 3.49. The van der Waals surface area contributed by atoms with Gasteiger partial charge in [0, 0.05) is 12.6 Å². The number of likely N-dealkylation sites (N-methyl/N-ethyl adjacent to an activating group) is 1. The largest absolute Gasteiger partial charge is 0.315 e. The highest BCUT2D eigenvalue weighted by Gasteiger charge is 2.10. The summed E-state index contributed by atoms with van der Waals surface area (Å²) in [5.74, 6) is 0. The van der Waals surface area contributed by atoms with E-state index < -0.39 is 0 Å². The molecule has 1 saturated heterocycles. The number of rotatable bonds is 3. The standard InChI is InChI=1S/C8H18N2/c1-2-9-7-8-5-3-4-6-10-8/h8-10H,2-7H2,1H3/t8-/m0/s1. The maximum absolute atomic E-state index is 3.49. The molecule has 0 spiro atoms. The van der Waals surface area contributed by atoms with Gasteiger partial charge in [-0.25, -0.2) is 0 Å². The Morgan fingerprint density at radius 1 is 1.50 bits per heavy atom. The van der Waals surface area contributed by atoms with Crippen molar-refractivity contribution in [3.8, 4) is 0 Å². The van der Waals surface area contributed by atoms with Crippen molar-refractivity contribution in [2.24, 2.45) is 0 Å². The van der Waals surface area contributed by atoms with E-state index in [4.69, 9.17) is 0 Å². The summed E-state index contributed by atoms with van der Waals surface area (Å²) in [6.45, 7) is 5.62. The van der Waals surface area contributed by atoms with Gasteiger partial charge in [0.2, 0.25) is 0 Å². The Bertz CT molecular complexity index is 77.3. The van der Waals surface area contributed by atoms with Crippen LogP contribution < -0.4 is 10.6 Å². The highest BCUT2D eigenvalue weighted by molar-refractivity contribution is 4.73. The van der Waals surface area contributed by atoms with Crippen molar-refractivity contribution < 1.29 is 0 Å². The molecule has 1 aliphatic heterocycles. The predicted molar refractivity (Wildman–Crippen MR) is 44.2 cm³/mol. The minimum atomic E-state index is 0.744. The predicted octanol–water partition coefficient (Wildman–Crippen LogP) is 0.738. The highest BCUT2D eigenvalue weighted by atomic mass is 15.0. The molecule has 0 aromatic rings. The summed E-state index contributed by atoms with van der Waals surface area (Å²) in [6.07, 6.45) is 4.12. The van der Waals surface area contributed by atoms with Crippen molar-refractivity contribution in [1.29, 1.82) is 0 Å². The van der Waals surface area contributed by atoms with Crippen LogP contribution in [0.5, 0.6) is 0 Å². The number of hydrogen-bond donors (Lipinski definition) is 2. The zero-order valence-corrected chi connectivity index (χ0v) is 6.82. The van der Waals surface area contributed by atoms with E-state index in [0.717, 1.165) is 19.1 Å². The Balaban J connectivity index is 2.02. The van der Waals surface area contributed by atoms with Gasteiger partial charge >= 0.3 is 0 Å². The third-order valence-electron chi connectivity index (χ3n) is 2.05. The fraction of sp³-hybridized carbons (Fsp3) is 1.00. The molecule has 60 valence electrons. The summed E-state index contributed by atoms with van der Waals surface area (Å²) in [7, 11) is 0. The minimum absolute atomic E-state index is 0.744. The van der Waals surface area contributed by atoms with Crippen molar-refractivity contribution in [2.45, 2.75) is 32.2 Å². The number of hydrogen-bond acceptors (Lipinski definition) is 2. The monoisotopic (exact) mass is 142 g/mol. The average molecular weight is 142 g/mol. The molecule has 0 aromatic carbocycles. The Morgan fingerprint density at radius 2 is 2.40 bits per heavy atom. The van der Waals surface area contributed by atoms with Crippen LogP contribution in [0.1, 0.15) is 26.2 Å². The Labute approximate surface area is 63.4 Å². The quantitative estimate of drug-likeness (QED) is 0.607. The molecule has 1 fully saturated rings. The van der Waals surface area contributed by atoms with Gasteiger partial charge in [0.1, 0.15) is 0 Å². The van der Waals surface area contributed by atoms with Crippen LogP contribution in [0.25, 0.3) is 0 Å². The lowest BCUT2D eigenvalue weighted by atomic mass is 10.1. The van der Waals surface area contributed by atoms with E-state index in [1.54, 1.807) is 0 Å². The second-order valence-electron chi connectivity index (χ2n) is 2.95. The molecule has 0 aromatic heterocycles. The first kappa shape index (κ1) is 8.02. The van der Waals surface area contributed by atoms with Crippen molar-refractivity contribution in [1.82, 2.24) is 10.6 Å². The van der Waals surface area contributed by atoms with E-state index in [-0.39, 0.29) is 0 Å². The summed E-state index contributed by atoms with van der Waals surface area (Å²) >= 11 is 0. The van der Waals surface area contributed by atoms with Crippen LogP contribution in [0, 0.1) is 0 Å². The van der Waals surface area contributed by atoms with Crippen molar-refractivity contribution >= 4 is 0 Å². The summed E-state index contributed by atoms with van der Waals surface area (Å²) in [5.41, 5.74) is 0. The van der Waals surface area contributed by atoms with Gasteiger partial charge in [-0.05, 0) is 25.9 Å². The molecule has 0 radical (unpaired) electrons. The van der Waals surface area contributed by atoms with Crippen LogP contribution in [-0.2, 0) is 0 Å². The van der Waals surface area contributed by atoms with Crippen LogP contribution in [0.4, 0.5) is 0 Å². The lowest BCUT2D eigenvalue weighted by molar-refractivity contribution is 0.386. The van der Waals surface area contributed by atoms with Crippen molar-refractivity contribution in [3.63, 3.8) is 0 Å². The van der Waals surface area contributed by atoms with E-state index in [0.29, 0.717) is 0 Å². The zero-order valence-electron chi connectivity index (χ0n) is 6.82. The Kier molecular flexibility index (Phi) is 3.76. The first-order valence-electron chi connectivity index (χ1n) is 4.37. The summed E-state index contributed by atoms with van der Waals surface area (Å²) in [5, 5.41) is 6.85. The molecule has 2 heteroatoms. The van der Waals surface area contributed by atoms with Gasteiger partial charge in [0.05, 0.1) is 0 Å². The van der Waals surface area contributed by atoms with E-state index >= 15 is 0 Å². The van der Waals surface area contributed by atoms with Crippen LogP contribution in [0.2, 0.25) is 0 Å². The van der Waals surface area contributed by atoms with Crippen molar-refractivity contribution in [2.75, 3.05) is 19.6 Å². The van der Waals surface area contributed by atoms with E-state index in [9.17, 15) is 0 Å². The molecule has 0 amide bonds. The third-order valence-corrected chi connectivity index (χ3v) is 2.05. The van der Waals surface area contributed by atoms with E-state index in [2.05, 4.69) is 17.6 Å². The Morgan fingerprint density at radius 3 is 3.00 bits per heavy atom. The molecule has 1 rings (SSSR count). The van der Waals surface area contributed by atoms with Crippen LogP contribution in [-0.4, -0.2) is 25.7 Å². The van der Waals surface area contributed by atoms with Gasteiger partial charge in [-0.1, -0.05) is 13.3 Å². The summed E-state index contributed by atoms with van der Waals surface area (Å²) in [6, 6.07) is 0.744. The Hall–Kier alpha value is -0.0800. The second-order valence-corrected chi connectivity index (χ2v) is 2.95. The van der Waals surface area contributed by atoms with Gasteiger partial charge in [0.25, 0.3) is 0 Å². The summed E-state index contributed by atoms with van der Waals surface area (Å²) in [4.78, 5) is 0. The average Bonchev–Trinajstić information content (AvgIpc) is 2.03. The number of nitrogens with one attached hydrogen (secondary N) is 2. The van der Waals surface area contributed by atoms with E-state index in [1.165, 1.54) is 25.8 Å². The zero-order chi connectivity index (χ0) is 7.23. The van der Waals surface area contributed by atoms with Gasteiger partial charge in [-0.2, -0.15) is 0 Å². The molecule has 10 heavy (non-hydrogen) atoms. The fourth-order valence-electron chi connectivity index (χ4n) is 1.42. The van der Waals surface area contributed by atoms with Gasteiger partial charge in [-0.3, -0.25) is 0 Å². The SMILES string of the molecule is CCNC[C@@H]1CCCCN1. The van der Waals surface area contributed by atoms with Crippen molar-refractivity contribution in [3.05, 3.63) is 0 Å². The first-order valence-corrected chi connectivity index (χ1v) is 4.37. The molecular weight excluding hydrogens is 124 g/mol. The maximum Gasteiger partial charge on any atom is 0.0192 e. The molecular formula is C8H18N2. The highest BCUT2D eigenvalue weighted by Crippen LogP contribution is 2.05. The molecule has 2 nitrogen and oxygen atoms in total. The smallest absolute Gasteiger partial charge is 0.0192 e. The number of piperidine rings is 1. The lowest BCUT2D eigenvalue weighted by Gasteiger charge is -2.23. The lowest BCUT2D eigenvalue weighted by Crippen LogP contribution is -2.41. The first-order chi connectivity index (χ1) is 4.93. The molecule has 1 heterocycles. The molecule has 0 saturated carbocycles. The van der Waals surface area contributed by atoms with Gasteiger partial charge < -0.3 is 10.6 Å². The van der Waals surface area contributed by atoms with Gasteiger partial charge in [0.15, 0.2) is 0 Å². The minimum Gasteiger partial charge on any atom is -0.315 e. The van der Waals surface area contributed by atoms with Crippen LogP contribution in [0.3, 0.4) is 0 Å². The van der Waals surface area contributed by atoms with Crippen LogP contribution >= 0.6 is 0 Å². The molecule has 0 unspecified atom stereocenters. The summed E-state index contributed by atoms with van der Waals surface area (Å²) < 4.78 is 0. The molecule has 0 aliphatic carbocycles. The molecule has 1 atom stereocenters. The normalized spacial score (nSPS) is 26.7. The molecule has 2 N–H and O–H groups in total. The van der Waals surface area contributed by atoms with E-state index in [1.807, 2.05) is 0 Å². The topological polar surface area (TPSA) is 24.1 Å². The third kappa shape index (κ3) is 2.67. The van der Waals surface area contributed by atoms with Gasteiger partial charge in [-0.15, -0.1) is 0 Å². The second kappa shape index (κ2) is 4.69.